The number of esters is 1. The number of fused-ring (bicyclic) bond motifs is 2. The molecule has 24 heavy (non-hydrogen) atoms. The molecule has 3 rings (SSSR count). The number of hydrogen-bond acceptors (Lipinski definition) is 6. The van der Waals surface area contributed by atoms with Crippen molar-refractivity contribution >= 4 is 27.9 Å². The Bertz CT molecular complexity index is 957. The van der Waals surface area contributed by atoms with Crippen molar-refractivity contribution in [1.29, 1.82) is 0 Å². The van der Waals surface area contributed by atoms with Gasteiger partial charge in [-0.15, -0.1) is 0 Å². The first-order valence-corrected chi connectivity index (χ1v) is 7.57. The van der Waals surface area contributed by atoms with E-state index in [-0.39, 0.29) is 6.42 Å². The van der Waals surface area contributed by atoms with Crippen LogP contribution in [0.25, 0.3) is 21.9 Å². The van der Waals surface area contributed by atoms with Gasteiger partial charge in [0.25, 0.3) is 0 Å². The summed E-state index contributed by atoms with van der Waals surface area (Å²) in [4.78, 5) is 23.5. The molecule has 0 unspecified atom stereocenters. The van der Waals surface area contributed by atoms with Crippen LogP contribution in [-0.2, 0) is 16.0 Å². The van der Waals surface area contributed by atoms with Gasteiger partial charge in [0.1, 0.15) is 17.3 Å². The van der Waals surface area contributed by atoms with Gasteiger partial charge in [-0.25, -0.2) is 4.79 Å². The predicted octanol–water partition coefficient (Wildman–Crippen LogP) is 2.78. The lowest BCUT2D eigenvalue weighted by atomic mass is 9.95. The SMILES string of the molecule is CC(=O)O[C@H](Cc1cc2cc3ccoc3cc2oc1=O)C(C)(C)O. The van der Waals surface area contributed by atoms with Crippen LogP contribution < -0.4 is 5.63 Å². The first-order valence-electron chi connectivity index (χ1n) is 7.57. The fourth-order valence-corrected chi connectivity index (χ4v) is 2.60. The molecule has 1 atom stereocenters. The fourth-order valence-electron chi connectivity index (χ4n) is 2.60. The van der Waals surface area contributed by atoms with Crippen LogP contribution in [0.4, 0.5) is 0 Å². The van der Waals surface area contributed by atoms with E-state index in [0.717, 1.165) is 10.8 Å². The Hall–Kier alpha value is -2.60. The molecule has 0 amide bonds. The standard InChI is InChI=1S/C18H18O6/c1-10(19)23-16(18(2,3)21)8-13-7-12-6-11-4-5-22-14(11)9-15(12)24-17(13)20/h4-7,9,16,21H,8H2,1-3H3/t16-/m1/s1. The molecule has 2 heterocycles. The van der Waals surface area contributed by atoms with Crippen molar-refractivity contribution in [3.05, 3.63) is 46.5 Å². The summed E-state index contributed by atoms with van der Waals surface area (Å²) in [6, 6.07) is 7.02. The van der Waals surface area contributed by atoms with Crippen LogP contribution in [0.1, 0.15) is 26.3 Å². The first kappa shape index (κ1) is 16.3. The van der Waals surface area contributed by atoms with Crippen LogP contribution in [0.5, 0.6) is 0 Å². The van der Waals surface area contributed by atoms with E-state index in [4.69, 9.17) is 13.6 Å². The van der Waals surface area contributed by atoms with Crippen molar-refractivity contribution in [2.24, 2.45) is 0 Å². The fraction of sp³-hybridized carbons (Fsp3) is 0.333. The summed E-state index contributed by atoms with van der Waals surface area (Å²) in [6.45, 7) is 4.31. The first-order chi connectivity index (χ1) is 11.2. The molecule has 0 radical (unpaired) electrons. The largest absolute Gasteiger partial charge is 0.464 e. The third kappa shape index (κ3) is 3.19. The molecule has 6 heteroatoms. The zero-order valence-electron chi connectivity index (χ0n) is 13.7. The van der Waals surface area contributed by atoms with Gasteiger partial charge >= 0.3 is 11.6 Å². The Morgan fingerprint density at radius 3 is 2.67 bits per heavy atom. The number of carbonyl (C=O) groups excluding carboxylic acids is 1. The van der Waals surface area contributed by atoms with Gasteiger partial charge < -0.3 is 18.7 Å². The van der Waals surface area contributed by atoms with E-state index in [1.165, 1.54) is 20.8 Å². The monoisotopic (exact) mass is 330 g/mol. The number of carbonyl (C=O) groups is 1. The second-order valence-electron chi connectivity index (χ2n) is 6.36. The zero-order valence-corrected chi connectivity index (χ0v) is 13.7. The Morgan fingerprint density at radius 1 is 1.25 bits per heavy atom. The average Bonchev–Trinajstić information content (AvgIpc) is 2.90. The molecule has 3 aromatic rings. The van der Waals surface area contributed by atoms with Crippen molar-refractivity contribution in [1.82, 2.24) is 0 Å². The van der Waals surface area contributed by atoms with Crippen molar-refractivity contribution in [3.8, 4) is 0 Å². The molecule has 2 aromatic heterocycles. The zero-order chi connectivity index (χ0) is 17.5. The molecule has 126 valence electrons. The van der Waals surface area contributed by atoms with Crippen LogP contribution in [-0.4, -0.2) is 22.8 Å². The van der Waals surface area contributed by atoms with Gasteiger partial charge in [-0.05, 0) is 32.0 Å². The summed E-state index contributed by atoms with van der Waals surface area (Å²) in [5.41, 5.74) is -0.443. The Balaban J connectivity index is 2.04. The van der Waals surface area contributed by atoms with Crippen molar-refractivity contribution < 1.29 is 23.5 Å². The number of rotatable bonds is 4. The van der Waals surface area contributed by atoms with Crippen molar-refractivity contribution in [2.75, 3.05) is 0 Å². The molecule has 0 aliphatic heterocycles. The third-order valence-corrected chi connectivity index (χ3v) is 3.88. The minimum Gasteiger partial charge on any atom is -0.464 e. The molecule has 0 saturated carbocycles. The van der Waals surface area contributed by atoms with Crippen LogP contribution in [0, 0.1) is 0 Å². The minimum absolute atomic E-state index is 0.0603. The van der Waals surface area contributed by atoms with E-state index >= 15 is 0 Å². The van der Waals surface area contributed by atoms with Crippen LogP contribution in [0.2, 0.25) is 0 Å². The maximum Gasteiger partial charge on any atom is 0.339 e. The van der Waals surface area contributed by atoms with Gasteiger partial charge in [0, 0.05) is 35.7 Å². The number of furan rings is 1. The summed E-state index contributed by atoms with van der Waals surface area (Å²) in [6.07, 6.45) is 0.770. The van der Waals surface area contributed by atoms with E-state index in [0.29, 0.717) is 16.7 Å². The highest BCUT2D eigenvalue weighted by Crippen LogP contribution is 2.24. The second-order valence-corrected chi connectivity index (χ2v) is 6.36. The van der Waals surface area contributed by atoms with Gasteiger partial charge in [0.05, 0.1) is 11.9 Å². The maximum absolute atomic E-state index is 12.2. The molecular weight excluding hydrogens is 312 g/mol. The van der Waals surface area contributed by atoms with E-state index in [9.17, 15) is 14.7 Å². The van der Waals surface area contributed by atoms with E-state index in [1.807, 2.05) is 12.1 Å². The molecule has 0 aliphatic carbocycles. The smallest absolute Gasteiger partial charge is 0.339 e. The molecule has 0 saturated heterocycles. The van der Waals surface area contributed by atoms with Crippen molar-refractivity contribution in [2.45, 2.75) is 38.9 Å². The molecule has 1 N–H and O–H groups in total. The highest BCUT2D eigenvalue weighted by Gasteiger charge is 2.31. The Labute approximate surface area is 137 Å². The summed E-state index contributed by atoms with van der Waals surface area (Å²) in [7, 11) is 0. The molecule has 6 nitrogen and oxygen atoms in total. The molecule has 0 bridgehead atoms. The maximum atomic E-state index is 12.2. The molecule has 0 fully saturated rings. The molecule has 0 spiro atoms. The number of hydrogen-bond donors (Lipinski definition) is 1. The topological polar surface area (TPSA) is 89.9 Å². The molecular formula is C18H18O6. The van der Waals surface area contributed by atoms with Crippen molar-refractivity contribution in [3.63, 3.8) is 0 Å². The van der Waals surface area contributed by atoms with Gasteiger partial charge in [0.2, 0.25) is 0 Å². The quantitative estimate of drug-likeness (QED) is 0.584. The molecule has 0 aliphatic rings. The van der Waals surface area contributed by atoms with E-state index in [1.54, 1.807) is 18.4 Å². The van der Waals surface area contributed by atoms with Gasteiger partial charge in [-0.2, -0.15) is 0 Å². The Kier molecular flexibility index (Phi) is 3.93. The Morgan fingerprint density at radius 2 is 2.00 bits per heavy atom. The van der Waals surface area contributed by atoms with E-state index < -0.39 is 23.3 Å². The second kappa shape index (κ2) is 5.79. The van der Waals surface area contributed by atoms with E-state index in [2.05, 4.69) is 0 Å². The number of benzene rings is 1. The third-order valence-electron chi connectivity index (χ3n) is 3.88. The summed E-state index contributed by atoms with van der Waals surface area (Å²) in [5, 5.41) is 11.8. The summed E-state index contributed by atoms with van der Waals surface area (Å²) < 4.78 is 15.8. The van der Waals surface area contributed by atoms with Gasteiger partial charge in [0.15, 0.2) is 0 Å². The number of aliphatic hydroxyl groups is 1. The molecule has 1 aromatic carbocycles. The highest BCUT2D eigenvalue weighted by atomic mass is 16.6. The average molecular weight is 330 g/mol. The predicted molar refractivity (Wildman–Crippen MR) is 87.8 cm³/mol. The normalized spacial score (nSPS) is 13.3. The van der Waals surface area contributed by atoms with Gasteiger partial charge in [-0.3, -0.25) is 4.79 Å². The summed E-state index contributed by atoms with van der Waals surface area (Å²) >= 11 is 0. The van der Waals surface area contributed by atoms with Gasteiger partial charge in [-0.1, -0.05) is 0 Å². The lowest BCUT2D eigenvalue weighted by molar-refractivity contribution is -0.159. The lowest BCUT2D eigenvalue weighted by Gasteiger charge is -2.28. The highest BCUT2D eigenvalue weighted by molar-refractivity contribution is 5.93. The number of ether oxygens (including phenoxy) is 1. The summed E-state index contributed by atoms with van der Waals surface area (Å²) in [5.74, 6) is -0.521. The lowest BCUT2D eigenvalue weighted by Crippen LogP contribution is -2.41. The van der Waals surface area contributed by atoms with Crippen LogP contribution >= 0.6 is 0 Å². The van der Waals surface area contributed by atoms with Crippen LogP contribution in [0.15, 0.2) is 44.2 Å². The minimum atomic E-state index is -1.29. The van der Waals surface area contributed by atoms with Crippen LogP contribution in [0.3, 0.4) is 0 Å².